The number of thioether (sulfide) groups is 1. The molecule has 2 heterocycles. The Hall–Kier alpha value is -1.75. The SMILES string of the molecule is O=C(NC1C(=O)N2C=CCS[C@H]12)c1ccccc1. The molecule has 2 aliphatic heterocycles. The van der Waals surface area contributed by atoms with Crippen molar-refractivity contribution in [2.24, 2.45) is 0 Å². The van der Waals surface area contributed by atoms with E-state index in [9.17, 15) is 9.59 Å². The second-order valence-electron chi connectivity index (χ2n) is 4.17. The number of fused-ring (bicyclic) bond motifs is 1. The Kier molecular flexibility index (Phi) is 2.83. The van der Waals surface area contributed by atoms with E-state index in [1.165, 1.54) is 0 Å². The van der Waals surface area contributed by atoms with Gasteiger partial charge in [-0.05, 0) is 12.1 Å². The zero-order chi connectivity index (χ0) is 12.5. The molecule has 4 nitrogen and oxygen atoms in total. The van der Waals surface area contributed by atoms with Crippen LogP contribution in [0.5, 0.6) is 0 Å². The van der Waals surface area contributed by atoms with Crippen molar-refractivity contribution in [1.82, 2.24) is 10.2 Å². The number of benzene rings is 1. The normalized spacial score (nSPS) is 25.3. The number of amides is 2. The van der Waals surface area contributed by atoms with Gasteiger partial charge in [0.1, 0.15) is 11.4 Å². The van der Waals surface area contributed by atoms with Crippen molar-refractivity contribution < 1.29 is 9.59 Å². The Morgan fingerprint density at radius 1 is 1.33 bits per heavy atom. The topological polar surface area (TPSA) is 49.4 Å². The van der Waals surface area contributed by atoms with Crippen LogP contribution in [0.4, 0.5) is 0 Å². The van der Waals surface area contributed by atoms with Crippen LogP contribution in [0.25, 0.3) is 0 Å². The van der Waals surface area contributed by atoms with Gasteiger partial charge in [0.15, 0.2) is 0 Å². The van der Waals surface area contributed by atoms with Crippen molar-refractivity contribution in [3.8, 4) is 0 Å². The number of nitrogens with one attached hydrogen (secondary N) is 1. The van der Waals surface area contributed by atoms with Gasteiger partial charge >= 0.3 is 0 Å². The molecule has 2 aliphatic rings. The molecule has 0 spiro atoms. The maximum absolute atomic E-state index is 12.0. The molecule has 3 rings (SSSR count). The zero-order valence-electron chi connectivity index (χ0n) is 9.58. The predicted molar refractivity (Wildman–Crippen MR) is 69.9 cm³/mol. The minimum Gasteiger partial charge on any atom is -0.338 e. The molecule has 1 fully saturated rings. The second-order valence-corrected chi connectivity index (χ2v) is 5.32. The number of β-lactam (4-membered cyclic amide) rings is 1. The Balaban J connectivity index is 1.69. The van der Waals surface area contributed by atoms with Crippen LogP contribution in [0.3, 0.4) is 0 Å². The molecule has 2 atom stereocenters. The number of hydrogen-bond donors (Lipinski definition) is 1. The molecule has 0 aliphatic carbocycles. The van der Waals surface area contributed by atoms with E-state index in [2.05, 4.69) is 5.32 Å². The lowest BCUT2D eigenvalue weighted by molar-refractivity contribution is -0.141. The predicted octanol–water partition coefficient (Wildman–Crippen LogP) is 1.21. The molecule has 1 aromatic rings. The summed E-state index contributed by atoms with van der Waals surface area (Å²) in [5, 5.41) is 2.85. The van der Waals surface area contributed by atoms with E-state index in [-0.39, 0.29) is 17.2 Å². The standard InChI is InChI=1S/C13H12N2O2S/c16-11(9-5-2-1-3-6-9)14-10-12(17)15-7-4-8-18-13(10)15/h1-7,10,13H,8H2,(H,14,16)/t10?,13-/m1/s1. The van der Waals surface area contributed by atoms with Gasteiger partial charge in [0.25, 0.3) is 11.8 Å². The van der Waals surface area contributed by atoms with Gasteiger partial charge in [-0.1, -0.05) is 24.3 Å². The Labute approximate surface area is 109 Å². The molecule has 0 bridgehead atoms. The summed E-state index contributed by atoms with van der Waals surface area (Å²) in [7, 11) is 0. The lowest BCUT2D eigenvalue weighted by Crippen LogP contribution is -2.68. The van der Waals surface area contributed by atoms with Crippen LogP contribution in [0.1, 0.15) is 10.4 Å². The smallest absolute Gasteiger partial charge is 0.253 e. The summed E-state index contributed by atoms with van der Waals surface area (Å²) in [5.41, 5.74) is 0.583. The monoisotopic (exact) mass is 260 g/mol. The van der Waals surface area contributed by atoms with E-state index in [1.807, 2.05) is 24.3 Å². The van der Waals surface area contributed by atoms with E-state index in [4.69, 9.17) is 0 Å². The molecular formula is C13H12N2O2S. The molecule has 1 N–H and O–H groups in total. The van der Waals surface area contributed by atoms with Crippen LogP contribution in [0.2, 0.25) is 0 Å². The highest BCUT2D eigenvalue weighted by Crippen LogP contribution is 2.33. The molecular weight excluding hydrogens is 248 g/mol. The van der Waals surface area contributed by atoms with Crippen molar-refractivity contribution in [3.63, 3.8) is 0 Å². The minimum atomic E-state index is -0.396. The van der Waals surface area contributed by atoms with Gasteiger partial charge < -0.3 is 10.2 Å². The van der Waals surface area contributed by atoms with Gasteiger partial charge in [-0.25, -0.2) is 0 Å². The fraction of sp³-hybridized carbons (Fsp3) is 0.231. The van der Waals surface area contributed by atoms with Gasteiger partial charge in [0, 0.05) is 17.5 Å². The van der Waals surface area contributed by atoms with Gasteiger partial charge in [0.2, 0.25) is 0 Å². The molecule has 18 heavy (non-hydrogen) atoms. The first-order chi connectivity index (χ1) is 8.77. The third-order valence-electron chi connectivity index (χ3n) is 3.03. The third kappa shape index (κ3) is 1.80. The summed E-state index contributed by atoms with van der Waals surface area (Å²) in [5.74, 6) is 0.656. The van der Waals surface area contributed by atoms with E-state index >= 15 is 0 Å². The van der Waals surface area contributed by atoms with Crippen LogP contribution >= 0.6 is 11.8 Å². The summed E-state index contributed by atoms with van der Waals surface area (Å²) in [4.78, 5) is 25.4. The number of rotatable bonds is 2. The fourth-order valence-corrected chi connectivity index (χ4v) is 3.19. The highest BCUT2D eigenvalue weighted by atomic mass is 32.2. The lowest BCUT2D eigenvalue weighted by atomic mass is 10.1. The molecule has 2 amide bonds. The van der Waals surface area contributed by atoms with E-state index in [0.29, 0.717) is 5.56 Å². The summed E-state index contributed by atoms with van der Waals surface area (Å²) in [6, 6.07) is 8.56. The van der Waals surface area contributed by atoms with Crippen LogP contribution in [0, 0.1) is 0 Å². The average Bonchev–Trinajstić information content (AvgIpc) is 2.45. The molecule has 1 saturated heterocycles. The Morgan fingerprint density at radius 2 is 2.11 bits per heavy atom. The number of carbonyl (C=O) groups is 2. The van der Waals surface area contributed by atoms with E-state index in [1.54, 1.807) is 35.0 Å². The van der Waals surface area contributed by atoms with Crippen LogP contribution < -0.4 is 5.32 Å². The molecule has 0 saturated carbocycles. The maximum atomic E-state index is 12.0. The van der Waals surface area contributed by atoms with Crippen molar-refractivity contribution in [2.45, 2.75) is 11.4 Å². The molecule has 0 radical (unpaired) electrons. The Morgan fingerprint density at radius 3 is 2.89 bits per heavy atom. The van der Waals surface area contributed by atoms with Gasteiger partial charge in [-0.2, -0.15) is 0 Å². The summed E-state index contributed by atoms with van der Waals surface area (Å²) in [6.07, 6.45) is 3.75. The average molecular weight is 260 g/mol. The highest BCUT2D eigenvalue weighted by Gasteiger charge is 2.48. The zero-order valence-corrected chi connectivity index (χ0v) is 10.4. The van der Waals surface area contributed by atoms with Crippen molar-refractivity contribution >= 4 is 23.6 Å². The molecule has 0 aromatic heterocycles. The summed E-state index contributed by atoms with van der Waals surface area (Å²) in [6.45, 7) is 0. The quantitative estimate of drug-likeness (QED) is 0.813. The Bertz CT molecular complexity index is 515. The van der Waals surface area contributed by atoms with Crippen molar-refractivity contribution in [1.29, 1.82) is 0 Å². The molecule has 1 unspecified atom stereocenters. The first-order valence-corrected chi connectivity index (χ1v) is 6.78. The second kappa shape index (κ2) is 4.49. The van der Waals surface area contributed by atoms with Gasteiger partial charge in [-0.15, -0.1) is 11.8 Å². The first-order valence-electron chi connectivity index (χ1n) is 5.74. The maximum Gasteiger partial charge on any atom is 0.253 e. The van der Waals surface area contributed by atoms with Crippen LogP contribution in [-0.2, 0) is 4.79 Å². The molecule has 92 valence electrons. The fourth-order valence-electron chi connectivity index (χ4n) is 2.08. The third-order valence-corrected chi connectivity index (χ3v) is 4.26. The van der Waals surface area contributed by atoms with Crippen LogP contribution in [0.15, 0.2) is 42.6 Å². The van der Waals surface area contributed by atoms with Crippen molar-refractivity contribution in [2.75, 3.05) is 5.75 Å². The van der Waals surface area contributed by atoms with Gasteiger partial charge in [0.05, 0.1) is 0 Å². The minimum absolute atomic E-state index is 0.0345. The largest absolute Gasteiger partial charge is 0.338 e. The molecule has 1 aromatic carbocycles. The summed E-state index contributed by atoms with van der Waals surface area (Å²) >= 11 is 1.67. The van der Waals surface area contributed by atoms with E-state index < -0.39 is 6.04 Å². The lowest BCUT2D eigenvalue weighted by Gasteiger charge is -2.46. The number of nitrogens with zero attached hydrogens (tertiary/aromatic N) is 1. The van der Waals surface area contributed by atoms with Crippen molar-refractivity contribution in [3.05, 3.63) is 48.2 Å². The first kappa shape index (κ1) is 11.3. The summed E-state index contributed by atoms with van der Waals surface area (Å²) < 4.78 is 0. The van der Waals surface area contributed by atoms with E-state index in [0.717, 1.165) is 5.75 Å². The van der Waals surface area contributed by atoms with Gasteiger partial charge in [-0.3, -0.25) is 9.59 Å². The van der Waals surface area contributed by atoms with Crippen LogP contribution in [-0.4, -0.2) is 33.9 Å². The highest BCUT2D eigenvalue weighted by molar-refractivity contribution is 8.00. The number of carbonyl (C=O) groups excluding carboxylic acids is 2. The molecule has 5 heteroatoms. The number of hydrogen-bond acceptors (Lipinski definition) is 3.